The van der Waals surface area contributed by atoms with Crippen molar-refractivity contribution >= 4 is 94.7 Å². The molecule has 6 heterocycles. The summed E-state index contributed by atoms with van der Waals surface area (Å²) in [6.45, 7) is 6.11. The van der Waals surface area contributed by atoms with Crippen LogP contribution >= 0.6 is 15.8 Å². The van der Waals surface area contributed by atoms with Gasteiger partial charge in [0.25, 0.3) is 34.7 Å². The molecular formula is C66H42F36Mn3N6O14P2. The van der Waals surface area contributed by atoms with Gasteiger partial charge in [-0.1, -0.05) is 36.4 Å². The number of rotatable bonds is 12. The topological polar surface area (TPSA) is 352 Å². The Hall–Kier alpha value is -10.6. The van der Waals surface area contributed by atoms with E-state index in [1.54, 1.807) is 0 Å². The molecule has 0 aliphatic carbocycles. The molecule has 0 saturated heterocycles. The molecule has 0 amide bonds. The maximum Gasteiger partial charge on any atom is 2.00 e. The minimum Gasteiger partial charge on any atom is -0.869 e. The predicted octanol–water partition coefficient (Wildman–Crippen LogP) is 9.99. The van der Waals surface area contributed by atoms with Crippen LogP contribution < -0.4 is 63.2 Å². The van der Waals surface area contributed by atoms with Gasteiger partial charge in [-0.05, 0) is 172 Å². The monoisotopic (exact) mass is 2050 g/mol. The molecule has 0 aromatic carbocycles. The molecule has 0 fully saturated rings. The van der Waals surface area contributed by atoms with E-state index >= 15 is 0 Å². The molecule has 0 aliphatic rings. The summed E-state index contributed by atoms with van der Waals surface area (Å²) in [6.07, 6.45) is -60.8. The number of hydrogen-bond acceptors (Lipinski definition) is 20. The second kappa shape index (κ2) is 56.6. The van der Waals surface area contributed by atoms with Gasteiger partial charge in [-0.2, -0.15) is 158 Å². The molecule has 127 heavy (non-hydrogen) atoms. The number of alkyl halides is 36. The fourth-order valence-corrected chi connectivity index (χ4v) is 9.23. The summed E-state index contributed by atoms with van der Waals surface area (Å²) in [5.41, 5.74) is 6.14. The first-order valence-electron chi connectivity index (χ1n) is 30.1. The van der Waals surface area contributed by atoms with Gasteiger partial charge in [0, 0.05) is 53.0 Å². The molecular weight excluding hydrogens is 2010 g/mol. The third-order valence-electron chi connectivity index (χ3n) is 10.2. The van der Waals surface area contributed by atoms with E-state index in [4.69, 9.17) is 0 Å². The van der Waals surface area contributed by atoms with Crippen LogP contribution in [0.3, 0.4) is 0 Å². The molecule has 61 heteroatoms. The molecule has 3 radical (unpaired) electrons. The second-order valence-electron chi connectivity index (χ2n) is 20.8. The van der Waals surface area contributed by atoms with Crippen LogP contribution in [0, 0.1) is 0 Å². The molecule has 0 N–H and O–H groups in total. The third-order valence-corrected chi connectivity index (χ3v) is 14.5. The molecule has 0 spiro atoms. The Morgan fingerprint density at radius 3 is 0.370 bits per heavy atom. The molecule has 0 aliphatic heterocycles. The Kier molecular flexibility index (Phi) is 57.7. The van der Waals surface area contributed by atoms with E-state index in [-0.39, 0.29) is 62.8 Å². The third kappa shape index (κ3) is 59.9. The largest absolute Gasteiger partial charge is 2.00 e. The fourth-order valence-electron chi connectivity index (χ4n) is 5.32. The molecule has 0 atom stereocenters. The standard InChI is InChI=1S/2C15H12N3P.6C5H2F6O2.2C3H6O.3Mn/c2*1-4-10-16-13(7-1)19(14-8-2-5-11-17-14)15-9-3-6-12-18-15;6*6-4(7,8)2(12)1-3(13)5(9,10)11;2*1-3(2)4;;;/h2*1-12H;6*1,12H;2*1-2H3;;;/q;;;;;;;;;;3*+2/p-6/b;;6*2-1-;;;;;. The van der Waals surface area contributed by atoms with Crippen LogP contribution in [0.1, 0.15) is 27.7 Å². The average molecular weight is 2050 g/mol. The van der Waals surface area contributed by atoms with Crippen molar-refractivity contribution in [1.82, 2.24) is 29.9 Å². The first kappa shape index (κ1) is 130. The van der Waals surface area contributed by atoms with E-state index in [0.29, 0.717) is 0 Å². The minimum absolute atomic E-state index is 0. The smallest absolute Gasteiger partial charge is 0.869 e. The first-order chi connectivity index (χ1) is 55.7. The van der Waals surface area contributed by atoms with Gasteiger partial charge in [-0.25, -0.2) is 0 Å². The van der Waals surface area contributed by atoms with Crippen molar-refractivity contribution in [3.8, 4) is 0 Å². The van der Waals surface area contributed by atoms with Gasteiger partial charge in [-0.15, -0.1) is 0 Å². The molecule has 20 nitrogen and oxygen atoms in total. The van der Waals surface area contributed by atoms with Crippen LogP contribution in [0.4, 0.5) is 158 Å². The summed E-state index contributed by atoms with van der Waals surface area (Å²) in [5.74, 6) is -33.6. The SMILES string of the molecule is CC(C)=O.CC(C)=O.O=C(/C=C(\[O-])C(F)(F)F)C(F)(F)F.O=C(/C=C(\[O-])C(F)(F)F)C(F)(F)F.O=C(/C=C(\[O-])C(F)(F)F)C(F)(F)F.O=C(/C=C(\[O-])C(F)(F)F)C(F)(F)F.O=C(/C=C(\[O-])C(F)(F)F)C(F)(F)F.O=C(/C=C(\[O-])C(F)(F)F)C(F)(F)F.[Mn+2].[Mn+2].[Mn+2].c1ccc(P(c2ccccn2)c2ccccn2)nc1.c1ccc(P(c2ccccn2)c2ccccn2)nc1. The van der Waals surface area contributed by atoms with Gasteiger partial charge in [0.15, 0.2) is 0 Å². The maximum absolute atomic E-state index is 11.3. The summed E-state index contributed by atoms with van der Waals surface area (Å²) in [4.78, 5) is 105. The normalized spacial score (nSPS) is 12.5. The van der Waals surface area contributed by atoms with Crippen molar-refractivity contribution < 1.29 is 278 Å². The number of hydrogen-bond donors (Lipinski definition) is 0. The number of allylic oxidation sites excluding steroid dienone is 12. The number of halogens is 36. The zero-order valence-corrected chi connectivity index (χ0v) is 66.7. The van der Waals surface area contributed by atoms with Gasteiger partial charge < -0.3 is 40.2 Å². The van der Waals surface area contributed by atoms with Crippen LogP contribution in [0.2, 0.25) is 0 Å². The van der Waals surface area contributed by atoms with E-state index in [2.05, 4.69) is 29.9 Å². The molecule has 6 aromatic heterocycles. The number of carbonyl (C=O) groups is 8. The van der Waals surface area contributed by atoms with Gasteiger partial charge in [0.1, 0.15) is 11.6 Å². The Morgan fingerprint density at radius 1 is 0.213 bits per heavy atom. The first-order valence-corrected chi connectivity index (χ1v) is 32.8. The number of Topliss-reactive ketones (excluding diaryl/α,β-unsaturated/α-hetero) is 2. The van der Waals surface area contributed by atoms with Crippen molar-refractivity contribution in [2.45, 2.75) is 102 Å². The zero-order valence-electron chi connectivity index (χ0n) is 61.4. The van der Waals surface area contributed by atoms with E-state index in [1.165, 1.54) is 27.7 Å². The zero-order chi connectivity index (χ0) is 98.2. The van der Waals surface area contributed by atoms with Crippen molar-refractivity contribution in [2.75, 3.05) is 0 Å². The number of aromatic nitrogens is 6. The minimum atomic E-state index is -5.46. The van der Waals surface area contributed by atoms with Crippen LogP contribution in [0.25, 0.3) is 0 Å². The van der Waals surface area contributed by atoms with E-state index in [9.17, 15) is 227 Å². The number of nitrogens with zero attached hydrogens (tertiary/aromatic N) is 6. The number of pyridine rings is 6. The van der Waals surface area contributed by atoms with E-state index < -0.39 is 196 Å². The van der Waals surface area contributed by atoms with Crippen molar-refractivity contribution in [3.63, 3.8) is 0 Å². The predicted molar refractivity (Wildman–Crippen MR) is 341 cm³/mol. The second-order valence-corrected chi connectivity index (χ2v) is 24.9. The van der Waals surface area contributed by atoms with Gasteiger partial charge in [-0.3, -0.25) is 58.7 Å². The van der Waals surface area contributed by atoms with E-state index in [0.717, 1.165) is 32.6 Å². The molecule has 0 saturated carbocycles. The van der Waals surface area contributed by atoms with Crippen LogP contribution in [-0.4, -0.2) is 150 Å². The Labute approximate surface area is 719 Å². The van der Waals surface area contributed by atoms with Crippen molar-refractivity contribution in [3.05, 3.63) is 217 Å². The Balaban J connectivity index is -0.000000257. The maximum atomic E-state index is 11.3. The fraction of sp³-hybridized carbons (Fsp3) is 0.242. The molecule has 0 unspecified atom stereocenters. The van der Waals surface area contributed by atoms with Gasteiger partial charge in [0.05, 0.1) is 32.6 Å². The number of ketones is 8. The Bertz CT molecular complexity index is 3820. The number of carbonyl (C=O) groups excluding carboxylic acids is 8. The molecule has 0 bridgehead atoms. The summed E-state index contributed by atoms with van der Waals surface area (Å²) in [6, 6.07) is 35.8. The quantitative estimate of drug-likeness (QED) is 0.0361. The van der Waals surface area contributed by atoms with Gasteiger partial charge in [0.2, 0.25) is 0 Å². The Morgan fingerprint density at radius 2 is 0.307 bits per heavy atom. The molecule has 6 aromatic rings. The van der Waals surface area contributed by atoms with Crippen LogP contribution in [0.5, 0.6) is 0 Å². The van der Waals surface area contributed by atoms with Gasteiger partial charge >= 0.3 is 125 Å². The summed E-state index contributed by atoms with van der Waals surface area (Å²) >= 11 is 0. The molecule has 6 rings (SSSR count). The van der Waals surface area contributed by atoms with Crippen molar-refractivity contribution in [1.29, 1.82) is 0 Å². The van der Waals surface area contributed by atoms with Crippen LogP contribution in [0.15, 0.2) is 217 Å². The molecule has 703 valence electrons. The van der Waals surface area contributed by atoms with Crippen LogP contribution in [-0.2, 0) is 89.6 Å². The summed E-state index contributed by atoms with van der Waals surface area (Å²) in [5, 5.41) is 58.9. The summed E-state index contributed by atoms with van der Waals surface area (Å²) in [7, 11) is -1.56. The summed E-state index contributed by atoms with van der Waals surface area (Å²) < 4.78 is 407. The average Bonchev–Trinajstić information content (AvgIpc) is 0.819. The van der Waals surface area contributed by atoms with E-state index in [1.807, 2.05) is 146 Å². The van der Waals surface area contributed by atoms with Crippen molar-refractivity contribution in [2.24, 2.45) is 0 Å².